The standard InChI is InChI=1S/C2H5Cl2O2PS/c1-2-7(3,4)8(5)6/h2H2,1H3. The van der Waals surface area contributed by atoms with E-state index in [4.69, 9.17) is 22.5 Å². The minimum atomic E-state index is -2.63. The van der Waals surface area contributed by atoms with Gasteiger partial charge in [-0.2, -0.15) is 8.42 Å². The quantitative estimate of drug-likeness (QED) is 0.600. The predicted octanol–water partition coefficient (Wildman–Crippen LogP) is 2.13. The lowest BCUT2D eigenvalue weighted by Gasteiger charge is -1.93. The molecule has 0 aromatic heterocycles. The summed E-state index contributed by atoms with van der Waals surface area (Å²) in [4.78, 5) is 0. The fraction of sp³-hybridized carbons (Fsp3) is 1.00. The molecule has 0 saturated heterocycles. The number of hydrogen-bond acceptors (Lipinski definition) is 2. The van der Waals surface area contributed by atoms with Crippen molar-refractivity contribution in [2.75, 3.05) is 6.16 Å². The third kappa shape index (κ3) is 2.40. The van der Waals surface area contributed by atoms with Gasteiger partial charge in [-0.05, 0) is 0 Å². The van der Waals surface area contributed by atoms with Crippen molar-refractivity contribution in [3.8, 4) is 0 Å². The lowest BCUT2D eigenvalue weighted by molar-refractivity contribution is 0.628. The highest BCUT2D eigenvalue weighted by atomic mass is 35.9. The summed E-state index contributed by atoms with van der Waals surface area (Å²) in [7, 11) is -2.28. The van der Waals surface area contributed by atoms with Gasteiger partial charge in [0.25, 0.3) is 0 Å². The molecular formula is C2H5Cl2O2PS. The Bertz CT molecular complexity index is 204. The van der Waals surface area contributed by atoms with Crippen LogP contribution < -0.4 is 0 Å². The Labute approximate surface area is 58.9 Å². The molecule has 0 heterocycles. The van der Waals surface area contributed by atoms with Crippen LogP contribution in [0.25, 0.3) is 0 Å². The van der Waals surface area contributed by atoms with Crippen LogP contribution in [-0.4, -0.2) is 14.6 Å². The van der Waals surface area contributed by atoms with E-state index in [2.05, 4.69) is 0 Å². The summed E-state index contributed by atoms with van der Waals surface area (Å²) in [6.45, 7) is 1.64. The third-order valence-corrected chi connectivity index (χ3v) is 7.30. The van der Waals surface area contributed by atoms with Crippen LogP contribution in [0.4, 0.5) is 0 Å². The zero-order valence-corrected chi connectivity index (χ0v) is 7.36. The maximum atomic E-state index is 10.0. The highest BCUT2D eigenvalue weighted by Gasteiger charge is 2.09. The molecule has 2 nitrogen and oxygen atoms in total. The summed E-state index contributed by atoms with van der Waals surface area (Å²) in [5.41, 5.74) is 0. The number of hydrogen-bond donors (Lipinski definition) is 0. The lowest BCUT2D eigenvalue weighted by atomic mass is 11.0. The van der Waals surface area contributed by atoms with Crippen LogP contribution in [0.15, 0.2) is 0 Å². The molecule has 6 heteroatoms. The molecule has 0 aliphatic heterocycles. The fourth-order valence-electron chi connectivity index (χ4n) is 0.105. The van der Waals surface area contributed by atoms with E-state index >= 15 is 0 Å². The summed E-state index contributed by atoms with van der Waals surface area (Å²) < 4.78 is 17.4. The Morgan fingerprint density at radius 1 is 1.50 bits per heavy atom. The van der Waals surface area contributed by atoms with Gasteiger partial charge in [-0.15, -0.1) is 0 Å². The van der Waals surface area contributed by atoms with Gasteiger partial charge in [0, 0.05) is 6.16 Å². The van der Waals surface area contributed by atoms with Crippen molar-refractivity contribution in [1.82, 2.24) is 0 Å². The molecular weight excluding hydrogens is 190 g/mol. The van der Waals surface area contributed by atoms with Crippen molar-refractivity contribution in [1.29, 1.82) is 0 Å². The van der Waals surface area contributed by atoms with E-state index in [9.17, 15) is 8.42 Å². The Morgan fingerprint density at radius 2 is 1.88 bits per heavy atom. The average molecular weight is 195 g/mol. The van der Waals surface area contributed by atoms with Crippen molar-refractivity contribution >= 4 is 37.1 Å². The summed E-state index contributed by atoms with van der Waals surface area (Å²) in [6, 6.07) is 0. The van der Waals surface area contributed by atoms with Crippen molar-refractivity contribution in [3.05, 3.63) is 0 Å². The molecule has 0 atom stereocenters. The van der Waals surface area contributed by atoms with Gasteiger partial charge in [0.15, 0.2) is 4.74 Å². The van der Waals surface area contributed by atoms with Crippen LogP contribution >= 0.6 is 27.2 Å². The van der Waals surface area contributed by atoms with Gasteiger partial charge in [-0.3, -0.25) is 0 Å². The Hall–Kier alpha value is 0.830. The van der Waals surface area contributed by atoms with Crippen molar-refractivity contribution in [2.24, 2.45) is 0 Å². The molecule has 0 radical (unpaired) electrons. The molecule has 0 aromatic carbocycles. The van der Waals surface area contributed by atoms with Crippen LogP contribution in [0.2, 0.25) is 0 Å². The minimum absolute atomic E-state index is 0.312. The maximum Gasteiger partial charge on any atom is 0.231 e. The molecule has 0 amide bonds. The zero-order valence-electron chi connectivity index (χ0n) is 4.13. The van der Waals surface area contributed by atoms with Crippen molar-refractivity contribution in [2.45, 2.75) is 6.92 Å². The molecule has 0 spiro atoms. The lowest BCUT2D eigenvalue weighted by Crippen LogP contribution is -1.66. The largest absolute Gasteiger partial charge is 0.231 e. The first kappa shape index (κ1) is 8.83. The minimum Gasteiger partial charge on any atom is -0.183 e. The molecule has 0 N–H and O–H groups in total. The van der Waals surface area contributed by atoms with E-state index in [-0.39, 0.29) is 0 Å². The van der Waals surface area contributed by atoms with Crippen molar-refractivity contribution < 1.29 is 8.42 Å². The van der Waals surface area contributed by atoms with Gasteiger partial charge < -0.3 is 0 Å². The van der Waals surface area contributed by atoms with Gasteiger partial charge in [0.05, 0.1) is 0 Å². The molecule has 0 aliphatic carbocycles. The highest BCUT2D eigenvalue weighted by Crippen LogP contribution is 2.57. The molecule has 0 rings (SSSR count). The van der Waals surface area contributed by atoms with Crippen LogP contribution in [0, 0.1) is 0 Å². The first-order valence-corrected chi connectivity index (χ1v) is 7.34. The molecule has 0 bridgehead atoms. The monoisotopic (exact) mass is 194 g/mol. The van der Waals surface area contributed by atoms with Gasteiger partial charge in [-0.25, -0.2) is 0 Å². The fourth-order valence-corrected chi connectivity index (χ4v) is 0.949. The van der Waals surface area contributed by atoms with E-state index in [1.807, 2.05) is 0 Å². The second-order valence-electron chi connectivity index (χ2n) is 1.10. The van der Waals surface area contributed by atoms with Gasteiger partial charge in [-0.1, -0.05) is 29.4 Å². The zero-order chi connectivity index (χ0) is 6.78. The number of rotatable bonds is 1. The van der Waals surface area contributed by atoms with Gasteiger partial charge >= 0.3 is 0 Å². The topological polar surface area (TPSA) is 34.1 Å². The average Bonchev–Trinajstić information content (AvgIpc) is 1.67. The molecule has 0 aromatic rings. The first-order chi connectivity index (χ1) is 3.50. The molecule has 50 valence electrons. The first-order valence-electron chi connectivity index (χ1n) is 1.88. The predicted molar refractivity (Wildman–Crippen MR) is 38.1 cm³/mol. The van der Waals surface area contributed by atoms with Crippen LogP contribution in [0.1, 0.15) is 6.92 Å². The Morgan fingerprint density at radius 3 is 1.88 bits per heavy atom. The third-order valence-electron chi connectivity index (χ3n) is 0.586. The van der Waals surface area contributed by atoms with E-state index in [1.165, 1.54) is 0 Å². The van der Waals surface area contributed by atoms with Crippen molar-refractivity contribution in [3.63, 3.8) is 0 Å². The smallest absolute Gasteiger partial charge is 0.183 e. The second kappa shape index (κ2) is 3.11. The summed E-state index contributed by atoms with van der Waals surface area (Å²) in [5.74, 6) is 0. The Kier molecular flexibility index (Phi) is 3.44. The molecule has 0 unspecified atom stereocenters. The normalized spacial score (nSPS) is 11.4. The molecule has 0 saturated carbocycles. The molecule has 0 aliphatic rings. The number of halogens is 2. The van der Waals surface area contributed by atoms with E-state index in [0.29, 0.717) is 6.16 Å². The summed E-state index contributed by atoms with van der Waals surface area (Å²) >= 11 is 10.6. The van der Waals surface area contributed by atoms with Crippen LogP contribution in [0.5, 0.6) is 0 Å². The maximum absolute atomic E-state index is 10.0. The highest BCUT2D eigenvalue weighted by molar-refractivity contribution is 8.42. The Balaban J connectivity index is 4.93. The van der Waals surface area contributed by atoms with Crippen LogP contribution in [-0.2, 0) is 9.88 Å². The van der Waals surface area contributed by atoms with E-state index in [0.717, 1.165) is 0 Å². The molecule has 0 fully saturated rings. The van der Waals surface area contributed by atoms with E-state index < -0.39 is 14.6 Å². The summed E-state index contributed by atoms with van der Waals surface area (Å²) in [6.07, 6.45) is 0.312. The van der Waals surface area contributed by atoms with E-state index in [1.54, 1.807) is 6.92 Å². The summed E-state index contributed by atoms with van der Waals surface area (Å²) in [5, 5.41) is 0. The second-order valence-corrected chi connectivity index (χ2v) is 11.3. The SMILES string of the molecule is CCP(Cl)(Cl)=S(=O)=O. The van der Waals surface area contributed by atoms with Gasteiger partial charge in [0.2, 0.25) is 9.88 Å². The molecule has 8 heavy (non-hydrogen) atoms. The van der Waals surface area contributed by atoms with Crippen LogP contribution in [0.3, 0.4) is 0 Å². The van der Waals surface area contributed by atoms with Gasteiger partial charge in [0.1, 0.15) is 0 Å².